The van der Waals surface area contributed by atoms with E-state index in [2.05, 4.69) is 45.9 Å². The Morgan fingerprint density at radius 1 is 1.07 bits per heavy atom. The maximum Gasteiger partial charge on any atom is 0.264 e. The fourth-order valence-corrected chi connectivity index (χ4v) is 10.2. The Morgan fingerprint density at radius 2 is 1.77 bits per heavy atom. The molecule has 3 aromatic carbocycles. The molecule has 0 bridgehead atoms. The standard InChI is InChI=1S/C33H37IN4O4Si/c1-22-31(43(2,3)41)30(16-17-37-20-28(35-36-37)26(21-39)24-12-8-5-9-13-24)42-33(22)27-18-25(34)14-15-29(27)38(32(33)40)19-23-10-6-4-7-11-23/h4-15,18,20,22,26,30-31,39,41H,16-17,19,21H2,1-3H3/t22-,26?,30+,31-,33+/m0/s1. The Balaban J connectivity index is 1.30. The second kappa shape index (κ2) is 11.9. The van der Waals surface area contributed by atoms with Crippen LogP contribution in [0.4, 0.5) is 5.69 Å². The summed E-state index contributed by atoms with van der Waals surface area (Å²) in [4.78, 5) is 28.0. The topological polar surface area (TPSA) is 101 Å². The van der Waals surface area contributed by atoms with Gasteiger partial charge in [0.15, 0.2) is 13.9 Å². The number of benzene rings is 3. The molecule has 6 rings (SSSR count). The van der Waals surface area contributed by atoms with Crippen molar-refractivity contribution in [3.63, 3.8) is 0 Å². The van der Waals surface area contributed by atoms with Crippen molar-refractivity contribution in [1.82, 2.24) is 15.0 Å². The summed E-state index contributed by atoms with van der Waals surface area (Å²) < 4.78 is 9.78. The van der Waals surface area contributed by atoms with E-state index in [0.29, 0.717) is 25.2 Å². The van der Waals surface area contributed by atoms with Crippen molar-refractivity contribution in [1.29, 1.82) is 0 Å². The number of carbonyl (C=O) groups is 1. The van der Waals surface area contributed by atoms with E-state index in [9.17, 15) is 14.7 Å². The molecule has 1 unspecified atom stereocenters. The predicted octanol–water partition coefficient (Wildman–Crippen LogP) is 5.44. The van der Waals surface area contributed by atoms with E-state index in [1.54, 1.807) is 4.68 Å². The molecule has 0 aliphatic carbocycles. The maximum atomic E-state index is 14.5. The number of aromatic nitrogens is 3. The zero-order valence-electron chi connectivity index (χ0n) is 24.6. The van der Waals surface area contributed by atoms with Crippen molar-refractivity contribution in [2.45, 2.75) is 62.7 Å². The number of aryl methyl sites for hydroxylation is 1. The average Bonchev–Trinajstić information content (AvgIpc) is 3.64. The van der Waals surface area contributed by atoms with Gasteiger partial charge in [0.25, 0.3) is 5.91 Å². The Bertz CT molecular complexity index is 1600. The molecule has 5 atom stereocenters. The number of nitrogens with zero attached hydrogens (tertiary/aromatic N) is 4. The van der Waals surface area contributed by atoms with Crippen LogP contribution in [0.2, 0.25) is 18.6 Å². The number of fused-ring (bicyclic) bond motifs is 2. The number of hydrogen-bond donors (Lipinski definition) is 2. The second-order valence-electron chi connectivity index (χ2n) is 12.2. The molecule has 2 aliphatic rings. The molecule has 224 valence electrons. The van der Waals surface area contributed by atoms with Gasteiger partial charge in [-0.3, -0.25) is 9.48 Å². The van der Waals surface area contributed by atoms with Crippen molar-refractivity contribution in [2.75, 3.05) is 11.5 Å². The predicted molar refractivity (Wildman–Crippen MR) is 176 cm³/mol. The van der Waals surface area contributed by atoms with Crippen molar-refractivity contribution < 1.29 is 19.4 Å². The van der Waals surface area contributed by atoms with Crippen molar-refractivity contribution in [3.8, 4) is 0 Å². The molecule has 8 nitrogen and oxygen atoms in total. The van der Waals surface area contributed by atoms with Crippen LogP contribution in [0.25, 0.3) is 0 Å². The second-order valence-corrected chi connectivity index (χ2v) is 17.5. The molecule has 2 N–H and O–H groups in total. The summed E-state index contributed by atoms with van der Waals surface area (Å²) >= 11 is 2.29. The van der Waals surface area contributed by atoms with E-state index in [0.717, 1.165) is 25.9 Å². The minimum Gasteiger partial charge on any atom is -0.432 e. The van der Waals surface area contributed by atoms with Crippen LogP contribution >= 0.6 is 22.6 Å². The van der Waals surface area contributed by atoms with Gasteiger partial charge in [-0.1, -0.05) is 72.8 Å². The van der Waals surface area contributed by atoms with Gasteiger partial charge in [-0.25, -0.2) is 0 Å². The van der Waals surface area contributed by atoms with Crippen LogP contribution in [0, 0.1) is 9.49 Å². The summed E-state index contributed by atoms with van der Waals surface area (Å²) in [5.74, 6) is -0.552. The van der Waals surface area contributed by atoms with Gasteiger partial charge in [-0.2, -0.15) is 0 Å². The Hall–Kier alpha value is -2.90. The highest BCUT2D eigenvalue weighted by Crippen LogP contribution is 2.60. The van der Waals surface area contributed by atoms with Gasteiger partial charge >= 0.3 is 0 Å². The Kier molecular flexibility index (Phi) is 8.33. The van der Waals surface area contributed by atoms with E-state index >= 15 is 0 Å². The summed E-state index contributed by atoms with van der Waals surface area (Å²) in [6.45, 7) is 6.85. The number of carbonyl (C=O) groups excluding carboxylic acids is 1. The number of ether oxygens (including phenoxy) is 1. The van der Waals surface area contributed by atoms with E-state index < -0.39 is 13.9 Å². The van der Waals surface area contributed by atoms with Crippen molar-refractivity contribution in [2.24, 2.45) is 5.92 Å². The minimum absolute atomic E-state index is 0.0664. The molecular weight excluding hydrogens is 671 g/mol. The number of hydrogen-bond acceptors (Lipinski definition) is 6. The number of halogens is 1. The fraction of sp³-hybridized carbons (Fsp3) is 0.364. The summed E-state index contributed by atoms with van der Waals surface area (Å²) in [6.07, 6.45) is 2.10. The van der Waals surface area contributed by atoms with Crippen molar-refractivity contribution >= 4 is 42.5 Å². The van der Waals surface area contributed by atoms with Gasteiger partial charge < -0.3 is 19.5 Å². The van der Waals surface area contributed by atoms with E-state index in [-0.39, 0.29) is 36.0 Å². The first-order chi connectivity index (χ1) is 20.6. The fourth-order valence-electron chi connectivity index (χ4n) is 7.14. The number of amides is 1. The highest BCUT2D eigenvalue weighted by Gasteiger charge is 2.66. The van der Waals surface area contributed by atoms with Gasteiger partial charge in [0.05, 0.1) is 36.6 Å². The summed E-state index contributed by atoms with van der Waals surface area (Å²) in [5, 5.41) is 18.8. The van der Waals surface area contributed by atoms with E-state index in [1.165, 1.54) is 0 Å². The molecule has 2 aliphatic heterocycles. The van der Waals surface area contributed by atoms with Crippen molar-refractivity contribution in [3.05, 3.63) is 111 Å². The molecule has 1 fully saturated rings. The normalized spacial score (nSPS) is 24.1. The molecule has 3 heterocycles. The van der Waals surface area contributed by atoms with E-state index in [4.69, 9.17) is 4.74 Å². The quantitative estimate of drug-likeness (QED) is 0.178. The minimum atomic E-state index is -2.78. The molecule has 1 spiro atoms. The largest absolute Gasteiger partial charge is 0.432 e. The Morgan fingerprint density at radius 3 is 2.44 bits per heavy atom. The number of rotatable bonds is 9. The molecule has 1 amide bonds. The molecule has 0 saturated carbocycles. The lowest BCUT2D eigenvalue weighted by Crippen LogP contribution is -2.46. The first-order valence-electron chi connectivity index (χ1n) is 14.8. The third-order valence-electron chi connectivity index (χ3n) is 9.07. The number of aliphatic hydroxyl groups is 1. The first-order valence-corrected chi connectivity index (χ1v) is 18.9. The molecule has 10 heteroatoms. The number of anilines is 1. The molecule has 1 saturated heterocycles. The van der Waals surface area contributed by atoms with Crippen LogP contribution in [0.1, 0.15) is 41.6 Å². The molecule has 0 radical (unpaired) electrons. The number of aliphatic hydroxyl groups excluding tert-OH is 1. The highest BCUT2D eigenvalue weighted by molar-refractivity contribution is 14.1. The average molecular weight is 709 g/mol. The van der Waals surface area contributed by atoms with Crippen LogP contribution < -0.4 is 4.90 Å². The van der Waals surface area contributed by atoms with Crippen LogP contribution in [0.15, 0.2) is 85.1 Å². The van der Waals surface area contributed by atoms with Gasteiger partial charge in [0, 0.05) is 33.3 Å². The van der Waals surface area contributed by atoms with Gasteiger partial charge in [-0.15, -0.1) is 5.10 Å². The smallest absolute Gasteiger partial charge is 0.264 e. The zero-order valence-corrected chi connectivity index (χ0v) is 27.8. The van der Waals surface area contributed by atoms with Crippen LogP contribution in [-0.4, -0.2) is 51.8 Å². The van der Waals surface area contributed by atoms with Crippen LogP contribution in [-0.2, 0) is 28.2 Å². The monoisotopic (exact) mass is 708 g/mol. The lowest BCUT2D eigenvalue weighted by atomic mass is 9.82. The lowest BCUT2D eigenvalue weighted by Gasteiger charge is -2.32. The summed E-state index contributed by atoms with van der Waals surface area (Å²) in [6, 6.07) is 25.9. The summed E-state index contributed by atoms with van der Waals surface area (Å²) in [5.41, 5.74) is 3.14. The third-order valence-corrected chi connectivity index (χ3v) is 12.2. The molecule has 1 aromatic heterocycles. The molecule has 43 heavy (non-hydrogen) atoms. The van der Waals surface area contributed by atoms with Crippen LogP contribution in [0.3, 0.4) is 0 Å². The van der Waals surface area contributed by atoms with Gasteiger partial charge in [0.1, 0.15) is 0 Å². The van der Waals surface area contributed by atoms with Gasteiger partial charge in [0.2, 0.25) is 0 Å². The first kappa shape index (κ1) is 30.1. The third kappa shape index (κ3) is 5.48. The van der Waals surface area contributed by atoms with Crippen LogP contribution in [0.5, 0.6) is 0 Å². The highest BCUT2D eigenvalue weighted by atomic mass is 127. The Labute approximate surface area is 267 Å². The lowest BCUT2D eigenvalue weighted by molar-refractivity contribution is -0.146. The zero-order chi connectivity index (χ0) is 30.4. The molecular formula is C33H37IN4O4Si. The van der Waals surface area contributed by atoms with Gasteiger partial charge in [-0.05, 0) is 71.4 Å². The maximum absolute atomic E-state index is 14.5. The van der Waals surface area contributed by atoms with E-state index in [1.807, 2.05) is 97.0 Å². The summed E-state index contributed by atoms with van der Waals surface area (Å²) in [7, 11) is -2.78. The SMILES string of the molecule is C[C@H]1[C@H]([Si](C)(C)O)[C@@H](CCn2cc(C(CO)c3ccccc3)nn2)O[C@]12C(=O)N(Cc1ccccc1)c1ccc(I)cc12. The molecule has 4 aromatic rings.